The van der Waals surface area contributed by atoms with Crippen LogP contribution in [0.4, 0.5) is 16.2 Å². The third-order valence-electron chi connectivity index (χ3n) is 4.26. The van der Waals surface area contributed by atoms with Gasteiger partial charge >= 0.3 is 6.03 Å². The average molecular weight is 399 g/mol. The summed E-state index contributed by atoms with van der Waals surface area (Å²) in [6, 6.07) is 21.9. The van der Waals surface area contributed by atoms with Gasteiger partial charge < -0.3 is 16.0 Å². The van der Waals surface area contributed by atoms with Gasteiger partial charge in [0.1, 0.15) is 0 Å². The van der Waals surface area contributed by atoms with Crippen LogP contribution in [0.25, 0.3) is 0 Å². The molecule has 3 aromatic rings. The first-order valence-electron chi connectivity index (χ1n) is 9.34. The molecule has 0 unspecified atom stereocenters. The molecule has 0 radical (unpaired) electrons. The molecule has 3 amide bonds. The minimum Gasteiger partial charge on any atom is -0.334 e. The standard InChI is InChI=1S/C24H21N3O3/c1-2-16-25-24(30)27-19-14-12-18(13-15-19)26-23(29)21-11-7-6-10-20(21)22(28)17-8-4-3-5-9-17/h2-15H,1,16H2,(H,26,29)(H2,25,27,30). The Hall–Kier alpha value is -4.19. The molecular formula is C24H21N3O3. The minimum atomic E-state index is -0.390. The molecule has 0 aliphatic carbocycles. The monoisotopic (exact) mass is 399 g/mol. The van der Waals surface area contributed by atoms with E-state index in [2.05, 4.69) is 22.5 Å². The first-order valence-corrected chi connectivity index (χ1v) is 9.34. The number of rotatable bonds is 7. The van der Waals surface area contributed by atoms with E-state index in [0.29, 0.717) is 29.0 Å². The van der Waals surface area contributed by atoms with Crippen LogP contribution in [0.5, 0.6) is 0 Å². The SMILES string of the molecule is C=CCNC(=O)Nc1ccc(NC(=O)c2ccccc2C(=O)c2ccccc2)cc1. The van der Waals surface area contributed by atoms with Crippen LogP contribution in [0.15, 0.2) is 91.5 Å². The molecule has 30 heavy (non-hydrogen) atoms. The van der Waals surface area contributed by atoms with Gasteiger partial charge in [-0.2, -0.15) is 0 Å². The fourth-order valence-electron chi connectivity index (χ4n) is 2.80. The molecule has 0 fully saturated rings. The molecule has 3 N–H and O–H groups in total. The van der Waals surface area contributed by atoms with E-state index < -0.39 is 0 Å². The van der Waals surface area contributed by atoms with Crippen molar-refractivity contribution >= 4 is 29.1 Å². The zero-order valence-corrected chi connectivity index (χ0v) is 16.2. The lowest BCUT2D eigenvalue weighted by atomic mass is 9.98. The Morgan fingerprint density at radius 3 is 1.93 bits per heavy atom. The van der Waals surface area contributed by atoms with E-state index in [9.17, 15) is 14.4 Å². The number of amides is 3. The molecule has 0 aromatic heterocycles. The van der Waals surface area contributed by atoms with Gasteiger partial charge in [-0.25, -0.2) is 4.79 Å². The predicted octanol–water partition coefficient (Wildman–Crippen LogP) is 4.48. The van der Waals surface area contributed by atoms with Gasteiger partial charge in [0.05, 0.1) is 5.56 Å². The molecule has 3 rings (SSSR count). The molecule has 0 spiro atoms. The minimum absolute atomic E-state index is 0.216. The quantitative estimate of drug-likeness (QED) is 0.404. The summed E-state index contributed by atoms with van der Waals surface area (Å²) in [5, 5.41) is 8.07. The zero-order valence-electron chi connectivity index (χ0n) is 16.2. The van der Waals surface area contributed by atoms with E-state index in [-0.39, 0.29) is 23.3 Å². The molecule has 150 valence electrons. The van der Waals surface area contributed by atoms with E-state index >= 15 is 0 Å². The normalized spacial score (nSPS) is 10.0. The van der Waals surface area contributed by atoms with Crippen molar-refractivity contribution in [3.8, 4) is 0 Å². The Labute approximate surface area is 174 Å². The molecule has 0 heterocycles. The van der Waals surface area contributed by atoms with Crippen molar-refractivity contribution in [2.75, 3.05) is 17.2 Å². The number of hydrogen-bond acceptors (Lipinski definition) is 3. The van der Waals surface area contributed by atoms with E-state index in [1.807, 2.05) is 6.07 Å². The first-order chi connectivity index (χ1) is 14.6. The highest BCUT2D eigenvalue weighted by Gasteiger charge is 2.18. The highest BCUT2D eigenvalue weighted by Crippen LogP contribution is 2.18. The van der Waals surface area contributed by atoms with Crippen LogP contribution < -0.4 is 16.0 Å². The Bertz CT molecular complexity index is 1060. The number of nitrogens with one attached hydrogen (secondary N) is 3. The number of carbonyl (C=O) groups is 3. The number of carbonyl (C=O) groups excluding carboxylic acids is 3. The summed E-state index contributed by atoms with van der Waals surface area (Å²) in [7, 11) is 0. The van der Waals surface area contributed by atoms with Crippen LogP contribution in [-0.4, -0.2) is 24.3 Å². The lowest BCUT2D eigenvalue weighted by Crippen LogP contribution is -2.28. The van der Waals surface area contributed by atoms with Crippen molar-refractivity contribution in [2.45, 2.75) is 0 Å². The van der Waals surface area contributed by atoms with E-state index in [0.717, 1.165) is 0 Å². The molecule has 3 aromatic carbocycles. The Balaban J connectivity index is 1.72. The summed E-state index contributed by atoms with van der Waals surface area (Å²) in [5.41, 5.74) is 2.26. The Morgan fingerprint density at radius 1 is 0.733 bits per heavy atom. The summed E-state index contributed by atoms with van der Waals surface area (Å²) in [5.74, 6) is -0.606. The van der Waals surface area contributed by atoms with E-state index in [4.69, 9.17) is 0 Å². The molecule has 6 nitrogen and oxygen atoms in total. The van der Waals surface area contributed by atoms with Gasteiger partial charge in [0.2, 0.25) is 0 Å². The second-order valence-electron chi connectivity index (χ2n) is 6.40. The van der Waals surface area contributed by atoms with Gasteiger partial charge in [-0.3, -0.25) is 9.59 Å². The number of benzene rings is 3. The Morgan fingerprint density at radius 2 is 1.30 bits per heavy atom. The van der Waals surface area contributed by atoms with Gasteiger partial charge in [-0.15, -0.1) is 6.58 Å². The summed E-state index contributed by atoms with van der Waals surface area (Å²) in [6.07, 6.45) is 1.58. The van der Waals surface area contributed by atoms with Crippen LogP contribution in [0.1, 0.15) is 26.3 Å². The second kappa shape index (κ2) is 9.84. The summed E-state index contributed by atoms with van der Waals surface area (Å²) < 4.78 is 0. The van der Waals surface area contributed by atoms with Gasteiger partial charge in [-0.05, 0) is 30.3 Å². The van der Waals surface area contributed by atoms with Crippen molar-refractivity contribution in [3.05, 3.63) is 108 Å². The maximum atomic E-state index is 12.8. The largest absolute Gasteiger partial charge is 0.334 e. The first kappa shape index (κ1) is 20.5. The maximum absolute atomic E-state index is 12.8. The second-order valence-corrected chi connectivity index (χ2v) is 6.40. The van der Waals surface area contributed by atoms with Gasteiger partial charge in [0.15, 0.2) is 5.78 Å². The fraction of sp³-hybridized carbons (Fsp3) is 0.0417. The smallest absolute Gasteiger partial charge is 0.319 e. The topological polar surface area (TPSA) is 87.3 Å². The molecule has 0 atom stereocenters. The van der Waals surface area contributed by atoms with Crippen molar-refractivity contribution in [1.82, 2.24) is 5.32 Å². The van der Waals surface area contributed by atoms with Crippen molar-refractivity contribution in [2.24, 2.45) is 0 Å². The van der Waals surface area contributed by atoms with Gasteiger partial charge in [0.25, 0.3) is 5.91 Å². The third-order valence-corrected chi connectivity index (χ3v) is 4.26. The number of urea groups is 1. The molecule has 6 heteroatoms. The van der Waals surface area contributed by atoms with Crippen LogP contribution in [0, 0.1) is 0 Å². The van der Waals surface area contributed by atoms with Gasteiger partial charge in [-0.1, -0.05) is 54.6 Å². The summed E-state index contributed by atoms with van der Waals surface area (Å²) in [6.45, 7) is 3.90. The predicted molar refractivity (Wildman–Crippen MR) is 118 cm³/mol. The molecule has 0 saturated heterocycles. The fourth-order valence-corrected chi connectivity index (χ4v) is 2.80. The molecule has 0 saturated carbocycles. The van der Waals surface area contributed by atoms with Crippen molar-refractivity contribution in [3.63, 3.8) is 0 Å². The molecular weight excluding hydrogens is 378 g/mol. The van der Waals surface area contributed by atoms with Crippen LogP contribution in [-0.2, 0) is 0 Å². The average Bonchev–Trinajstić information content (AvgIpc) is 2.79. The van der Waals surface area contributed by atoms with Crippen LogP contribution in [0.3, 0.4) is 0 Å². The molecule has 0 aliphatic heterocycles. The van der Waals surface area contributed by atoms with E-state index in [1.165, 1.54) is 0 Å². The van der Waals surface area contributed by atoms with Crippen molar-refractivity contribution < 1.29 is 14.4 Å². The van der Waals surface area contributed by atoms with Crippen LogP contribution in [0.2, 0.25) is 0 Å². The molecule has 0 aliphatic rings. The molecule has 0 bridgehead atoms. The van der Waals surface area contributed by atoms with Crippen LogP contribution >= 0.6 is 0 Å². The number of ketones is 1. The zero-order chi connectivity index (χ0) is 21.3. The maximum Gasteiger partial charge on any atom is 0.319 e. The lowest BCUT2D eigenvalue weighted by molar-refractivity contribution is 0.0996. The number of anilines is 2. The summed E-state index contributed by atoms with van der Waals surface area (Å²) >= 11 is 0. The van der Waals surface area contributed by atoms with Gasteiger partial charge in [0, 0.05) is 29.0 Å². The Kier molecular flexibility index (Phi) is 6.74. The van der Waals surface area contributed by atoms with Crippen molar-refractivity contribution in [1.29, 1.82) is 0 Å². The summed E-state index contributed by atoms with van der Waals surface area (Å²) in [4.78, 5) is 37.3. The number of hydrogen-bond donors (Lipinski definition) is 3. The highest BCUT2D eigenvalue weighted by molar-refractivity contribution is 6.17. The lowest BCUT2D eigenvalue weighted by Gasteiger charge is -2.11. The highest BCUT2D eigenvalue weighted by atomic mass is 16.2. The third kappa shape index (κ3) is 5.20. The van der Waals surface area contributed by atoms with E-state index in [1.54, 1.807) is 78.9 Å².